The predicted octanol–water partition coefficient (Wildman–Crippen LogP) is 2.52. The molecule has 110 valence electrons. The van der Waals surface area contributed by atoms with Crippen LogP contribution >= 0.6 is 11.3 Å². The van der Waals surface area contributed by atoms with Crippen LogP contribution in [-0.4, -0.2) is 27.3 Å². The molecule has 0 spiro atoms. The van der Waals surface area contributed by atoms with Gasteiger partial charge in [0.05, 0.1) is 10.5 Å². The van der Waals surface area contributed by atoms with Crippen LogP contribution < -0.4 is 10.6 Å². The maximum Gasteiger partial charge on any atom is 0.288 e. The standard InChI is InChI=1S/C12H13N5O3S/c1-2-3-13-10-9(6-8(7-15-10)17(19)20)11(18)16-12-14-4-5-21-12/h4-7H,2-3H2,1H3,(H,13,15)(H,14,16,18). The quantitative estimate of drug-likeness (QED) is 0.626. The van der Waals surface area contributed by atoms with Gasteiger partial charge in [0, 0.05) is 24.2 Å². The molecule has 0 aliphatic carbocycles. The Bertz CT molecular complexity index is 644. The minimum Gasteiger partial charge on any atom is -0.369 e. The third-order valence-corrected chi connectivity index (χ3v) is 3.21. The number of rotatable bonds is 6. The first-order chi connectivity index (χ1) is 10.1. The molecule has 2 aromatic rings. The van der Waals surface area contributed by atoms with Crippen LogP contribution in [0.3, 0.4) is 0 Å². The van der Waals surface area contributed by atoms with Gasteiger partial charge in [-0.05, 0) is 6.42 Å². The molecule has 0 radical (unpaired) electrons. The Hall–Kier alpha value is -2.55. The van der Waals surface area contributed by atoms with Gasteiger partial charge in [-0.15, -0.1) is 11.3 Å². The van der Waals surface area contributed by atoms with Gasteiger partial charge in [0.2, 0.25) is 0 Å². The average Bonchev–Trinajstić information content (AvgIpc) is 2.97. The molecule has 0 aliphatic heterocycles. The van der Waals surface area contributed by atoms with Gasteiger partial charge in [-0.25, -0.2) is 9.97 Å². The third kappa shape index (κ3) is 3.72. The first kappa shape index (κ1) is 14.9. The first-order valence-corrected chi connectivity index (χ1v) is 7.09. The van der Waals surface area contributed by atoms with Gasteiger partial charge in [-0.3, -0.25) is 20.2 Å². The van der Waals surface area contributed by atoms with Crippen LogP contribution in [0.5, 0.6) is 0 Å². The van der Waals surface area contributed by atoms with Crippen LogP contribution in [0, 0.1) is 10.1 Å². The third-order valence-electron chi connectivity index (χ3n) is 2.52. The summed E-state index contributed by atoms with van der Waals surface area (Å²) in [7, 11) is 0. The molecule has 2 heterocycles. The fourth-order valence-corrected chi connectivity index (χ4v) is 2.08. The van der Waals surface area contributed by atoms with Crippen molar-refractivity contribution in [2.24, 2.45) is 0 Å². The molecule has 2 aromatic heterocycles. The van der Waals surface area contributed by atoms with Gasteiger partial charge in [-0.2, -0.15) is 0 Å². The van der Waals surface area contributed by atoms with Crippen molar-refractivity contribution in [2.45, 2.75) is 13.3 Å². The highest BCUT2D eigenvalue weighted by Crippen LogP contribution is 2.21. The van der Waals surface area contributed by atoms with Gasteiger partial charge >= 0.3 is 0 Å². The molecule has 2 rings (SSSR count). The SMILES string of the molecule is CCCNc1ncc([N+](=O)[O-])cc1C(=O)Nc1nccs1. The zero-order chi connectivity index (χ0) is 15.2. The maximum absolute atomic E-state index is 12.2. The summed E-state index contributed by atoms with van der Waals surface area (Å²) < 4.78 is 0. The fraction of sp³-hybridized carbons (Fsp3) is 0.250. The second kappa shape index (κ2) is 6.75. The van der Waals surface area contributed by atoms with E-state index in [0.29, 0.717) is 17.5 Å². The van der Waals surface area contributed by atoms with Crippen molar-refractivity contribution >= 4 is 33.9 Å². The van der Waals surface area contributed by atoms with Gasteiger partial charge in [0.1, 0.15) is 12.0 Å². The number of amides is 1. The van der Waals surface area contributed by atoms with E-state index in [2.05, 4.69) is 20.6 Å². The molecule has 0 aromatic carbocycles. The van der Waals surface area contributed by atoms with Crippen LogP contribution in [-0.2, 0) is 0 Å². The van der Waals surface area contributed by atoms with Crippen LogP contribution in [0.2, 0.25) is 0 Å². The Kier molecular flexibility index (Phi) is 4.77. The van der Waals surface area contributed by atoms with Crippen LogP contribution in [0.4, 0.5) is 16.6 Å². The largest absolute Gasteiger partial charge is 0.369 e. The van der Waals surface area contributed by atoms with E-state index in [4.69, 9.17) is 0 Å². The smallest absolute Gasteiger partial charge is 0.288 e. The molecular formula is C12H13N5O3S. The lowest BCUT2D eigenvalue weighted by Gasteiger charge is -2.09. The molecule has 0 fully saturated rings. The van der Waals surface area contributed by atoms with Crippen LogP contribution in [0.15, 0.2) is 23.8 Å². The van der Waals surface area contributed by atoms with E-state index in [1.807, 2.05) is 6.92 Å². The lowest BCUT2D eigenvalue weighted by molar-refractivity contribution is -0.385. The molecule has 8 nitrogen and oxygen atoms in total. The van der Waals surface area contributed by atoms with E-state index >= 15 is 0 Å². The fourth-order valence-electron chi connectivity index (χ4n) is 1.56. The lowest BCUT2D eigenvalue weighted by atomic mass is 10.2. The van der Waals surface area contributed by atoms with Crippen molar-refractivity contribution < 1.29 is 9.72 Å². The monoisotopic (exact) mass is 307 g/mol. The van der Waals surface area contributed by atoms with Crippen molar-refractivity contribution in [3.63, 3.8) is 0 Å². The number of aromatic nitrogens is 2. The second-order valence-corrected chi connectivity index (χ2v) is 4.96. The minimum atomic E-state index is -0.587. The topological polar surface area (TPSA) is 110 Å². The molecule has 1 amide bonds. The summed E-state index contributed by atoms with van der Waals surface area (Å²) in [5.41, 5.74) is -0.116. The summed E-state index contributed by atoms with van der Waals surface area (Å²) >= 11 is 1.26. The van der Waals surface area contributed by atoms with E-state index in [1.165, 1.54) is 17.4 Å². The number of carbonyl (C=O) groups is 1. The number of nitrogens with zero attached hydrogens (tertiary/aromatic N) is 3. The van der Waals surface area contributed by atoms with Crippen molar-refractivity contribution in [1.82, 2.24) is 9.97 Å². The number of nitro groups is 1. The Morgan fingerprint density at radius 3 is 2.90 bits per heavy atom. The zero-order valence-corrected chi connectivity index (χ0v) is 12.0. The zero-order valence-electron chi connectivity index (χ0n) is 11.2. The van der Waals surface area contributed by atoms with E-state index in [0.717, 1.165) is 12.6 Å². The number of thiazole rings is 1. The van der Waals surface area contributed by atoms with Gasteiger partial charge in [-0.1, -0.05) is 6.92 Å². The van der Waals surface area contributed by atoms with Crippen molar-refractivity contribution in [2.75, 3.05) is 17.2 Å². The average molecular weight is 307 g/mol. The summed E-state index contributed by atoms with van der Waals surface area (Å²) in [6, 6.07) is 1.20. The van der Waals surface area contributed by atoms with Crippen molar-refractivity contribution in [1.29, 1.82) is 0 Å². The molecule has 0 atom stereocenters. The van der Waals surface area contributed by atoms with E-state index < -0.39 is 10.8 Å². The Balaban J connectivity index is 2.30. The number of hydrogen-bond donors (Lipinski definition) is 2. The van der Waals surface area contributed by atoms with Crippen molar-refractivity contribution in [3.05, 3.63) is 39.5 Å². The van der Waals surface area contributed by atoms with Gasteiger partial charge < -0.3 is 5.32 Å². The summed E-state index contributed by atoms with van der Waals surface area (Å²) in [5, 5.41) is 18.5. The Morgan fingerprint density at radius 2 is 2.29 bits per heavy atom. The van der Waals surface area contributed by atoms with E-state index in [-0.39, 0.29) is 11.3 Å². The molecular weight excluding hydrogens is 294 g/mol. The number of pyridine rings is 1. The number of hydrogen-bond acceptors (Lipinski definition) is 7. The summed E-state index contributed by atoms with van der Waals surface area (Å²) in [6.07, 6.45) is 3.52. The predicted molar refractivity (Wildman–Crippen MR) is 79.7 cm³/mol. The number of nitrogens with one attached hydrogen (secondary N) is 2. The van der Waals surface area contributed by atoms with Crippen LogP contribution in [0.25, 0.3) is 0 Å². The first-order valence-electron chi connectivity index (χ1n) is 6.21. The normalized spacial score (nSPS) is 10.1. The molecule has 2 N–H and O–H groups in total. The highest BCUT2D eigenvalue weighted by atomic mass is 32.1. The maximum atomic E-state index is 12.2. The second-order valence-electron chi connectivity index (χ2n) is 4.06. The summed E-state index contributed by atoms with van der Waals surface area (Å²) in [6.45, 7) is 2.58. The molecule has 21 heavy (non-hydrogen) atoms. The van der Waals surface area contributed by atoms with E-state index in [9.17, 15) is 14.9 Å². The summed E-state index contributed by atoms with van der Waals surface area (Å²) in [5.74, 6) is -0.170. The Morgan fingerprint density at radius 1 is 1.48 bits per heavy atom. The number of carbonyl (C=O) groups excluding carboxylic acids is 1. The molecule has 0 unspecified atom stereocenters. The molecule has 0 saturated heterocycles. The molecule has 9 heteroatoms. The summed E-state index contributed by atoms with van der Waals surface area (Å²) in [4.78, 5) is 30.4. The number of anilines is 2. The Labute approximate surface area is 124 Å². The van der Waals surface area contributed by atoms with Crippen molar-refractivity contribution in [3.8, 4) is 0 Å². The highest BCUT2D eigenvalue weighted by Gasteiger charge is 2.18. The lowest BCUT2D eigenvalue weighted by Crippen LogP contribution is -2.16. The van der Waals surface area contributed by atoms with Crippen LogP contribution in [0.1, 0.15) is 23.7 Å². The molecule has 0 aliphatic rings. The highest BCUT2D eigenvalue weighted by molar-refractivity contribution is 7.13. The van der Waals surface area contributed by atoms with Gasteiger partial charge in [0.15, 0.2) is 5.13 Å². The van der Waals surface area contributed by atoms with Gasteiger partial charge in [0.25, 0.3) is 11.6 Å². The molecule has 0 bridgehead atoms. The minimum absolute atomic E-state index is 0.118. The molecule has 0 saturated carbocycles. The van der Waals surface area contributed by atoms with E-state index in [1.54, 1.807) is 11.6 Å².